The predicted octanol–water partition coefficient (Wildman–Crippen LogP) is -0.328. The van der Waals surface area contributed by atoms with Crippen LogP contribution in [-0.4, -0.2) is 71.9 Å². The van der Waals surface area contributed by atoms with Crippen LogP contribution in [0.5, 0.6) is 0 Å². The van der Waals surface area contributed by atoms with Gasteiger partial charge in [-0.3, -0.25) is 14.4 Å². The van der Waals surface area contributed by atoms with E-state index in [4.69, 9.17) is 15.7 Å². The Bertz CT molecular complexity index is 964. The Kier molecular flexibility index (Phi) is 5.78. The SMILES string of the molecule is COC(N)=O.COC12CC3=C(C(=O)C(C)=C(N)C3=O)N1CC1C2N1C(=O)CCCC#N. The van der Waals surface area contributed by atoms with Gasteiger partial charge in [0.15, 0.2) is 5.72 Å². The summed E-state index contributed by atoms with van der Waals surface area (Å²) < 4.78 is 9.70. The number of carbonyl (C=O) groups is 4. The first-order chi connectivity index (χ1) is 14.7. The van der Waals surface area contributed by atoms with Crippen LogP contribution in [0.2, 0.25) is 0 Å². The van der Waals surface area contributed by atoms with Crippen molar-refractivity contribution in [1.82, 2.24) is 9.80 Å². The average Bonchev–Trinajstić information content (AvgIpc) is 3.24. The quantitative estimate of drug-likeness (QED) is 0.344. The van der Waals surface area contributed by atoms with Gasteiger partial charge in [0.1, 0.15) is 6.04 Å². The van der Waals surface area contributed by atoms with Crippen molar-refractivity contribution in [2.24, 2.45) is 11.5 Å². The molecule has 0 aromatic rings. The Morgan fingerprint density at radius 1 is 1.29 bits per heavy atom. The fourth-order valence-corrected chi connectivity index (χ4v) is 4.64. The Morgan fingerprint density at radius 2 is 1.94 bits per heavy atom. The summed E-state index contributed by atoms with van der Waals surface area (Å²) in [5.74, 6) is -0.557. The molecule has 11 nitrogen and oxygen atoms in total. The Morgan fingerprint density at radius 3 is 2.48 bits per heavy atom. The minimum atomic E-state index is -0.879. The van der Waals surface area contributed by atoms with Crippen molar-refractivity contribution in [3.8, 4) is 6.07 Å². The van der Waals surface area contributed by atoms with E-state index in [0.717, 1.165) is 0 Å². The normalized spacial score (nSPS) is 27.8. The van der Waals surface area contributed by atoms with Crippen molar-refractivity contribution in [2.45, 2.75) is 50.4 Å². The number of carbonyl (C=O) groups excluding carboxylic acids is 4. The van der Waals surface area contributed by atoms with Gasteiger partial charge in [0.05, 0.1) is 30.6 Å². The highest BCUT2D eigenvalue weighted by Gasteiger charge is 2.73. The molecular formula is C20H25N5O6. The summed E-state index contributed by atoms with van der Waals surface area (Å²) in [6.45, 7) is 2.03. The lowest BCUT2D eigenvalue weighted by Crippen LogP contribution is -2.50. The zero-order valence-corrected chi connectivity index (χ0v) is 17.6. The number of rotatable bonds is 4. The first kappa shape index (κ1) is 22.3. The fraction of sp³-hybridized carbons (Fsp3) is 0.550. The van der Waals surface area contributed by atoms with Crippen LogP contribution in [0, 0.1) is 11.3 Å². The number of nitrogens with zero attached hydrogens (tertiary/aromatic N) is 3. The van der Waals surface area contributed by atoms with Crippen LogP contribution in [-0.2, 0) is 23.9 Å². The third-order valence-corrected chi connectivity index (χ3v) is 6.21. The maximum atomic E-state index is 12.7. The molecule has 31 heavy (non-hydrogen) atoms. The molecule has 2 saturated heterocycles. The third-order valence-electron chi connectivity index (χ3n) is 6.21. The number of fused-ring (bicyclic) bond motifs is 4. The second-order valence-electron chi connectivity index (χ2n) is 7.71. The van der Waals surface area contributed by atoms with Crippen LogP contribution in [0.1, 0.15) is 32.6 Å². The largest absolute Gasteiger partial charge is 0.453 e. The topological polar surface area (TPSA) is 169 Å². The molecule has 0 spiro atoms. The lowest BCUT2D eigenvalue weighted by atomic mass is 9.90. The molecule has 11 heteroatoms. The van der Waals surface area contributed by atoms with Crippen LogP contribution in [0.25, 0.3) is 0 Å². The summed E-state index contributed by atoms with van der Waals surface area (Å²) >= 11 is 0. The highest BCUT2D eigenvalue weighted by atomic mass is 16.5. The average molecular weight is 431 g/mol. The van der Waals surface area contributed by atoms with Gasteiger partial charge >= 0.3 is 6.09 Å². The fourth-order valence-electron chi connectivity index (χ4n) is 4.64. The summed E-state index contributed by atoms with van der Waals surface area (Å²) in [6, 6.07) is 1.83. The monoisotopic (exact) mass is 431 g/mol. The number of hydrogen-bond donors (Lipinski definition) is 2. The maximum Gasteiger partial charge on any atom is 0.404 e. The number of allylic oxidation sites excluding steroid dienone is 2. The van der Waals surface area contributed by atoms with Gasteiger partial charge in [0, 0.05) is 44.1 Å². The highest BCUT2D eigenvalue weighted by molar-refractivity contribution is 6.25. The standard InChI is InChI=1S/C18H20N4O4.C2H5NO2/c1-9-13(20)16(25)10-7-18(26-2)17-11(8-21(18)14(10)15(9)24)22(17)12(23)5-3-4-6-19;1-5-2(3)4/h11,17H,3-5,7-8,20H2,1-2H3;1H3,(H2,3,4). The molecule has 3 aliphatic heterocycles. The molecule has 0 aromatic carbocycles. The molecule has 0 saturated carbocycles. The number of unbranched alkanes of at least 4 members (excludes halogenated alkanes) is 1. The van der Waals surface area contributed by atoms with Crippen molar-refractivity contribution >= 4 is 23.6 Å². The smallest absolute Gasteiger partial charge is 0.404 e. The minimum Gasteiger partial charge on any atom is -0.453 e. The van der Waals surface area contributed by atoms with Gasteiger partial charge in [-0.25, -0.2) is 4.79 Å². The summed E-state index contributed by atoms with van der Waals surface area (Å²) in [7, 11) is 2.77. The molecule has 4 rings (SSSR count). The van der Waals surface area contributed by atoms with E-state index in [9.17, 15) is 19.2 Å². The summed E-state index contributed by atoms with van der Waals surface area (Å²) in [5.41, 5.74) is 10.4. The van der Waals surface area contributed by atoms with Crippen molar-refractivity contribution in [2.75, 3.05) is 20.8 Å². The van der Waals surface area contributed by atoms with E-state index in [1.54, 1.807) is 18.9 Å². The van der Waals surface area contributed by atoms with Crippen LogP contribution in [0.4, 0.5) is 4.79 Å². The van der Waals surface area contributed by atoms with Crippen LogP contribution < -0.4 is 11.5 Å². The number of nitrogens with two attached hydrogens (primary N) is 2. The number of amides is 2. The molecule has 0 bridgehead atoms. The number of nitriles is 1. The van der Waals surface area contributed by atoms with Gasteiger partial charge in [0.25, 0.3) is 0 Å². The molecule has 3 atom stereocenters. The van der Waals surface area contributed by atoms with Gasteiger partial charge < -0.3 is 30.7 Å². The summed E-state index contributed by atoms with van der Waals surface area (Å²) in [5, 5.41) is 8.62. The molecule has 0 aromatic heterocycles. The minimum absolute atomic E-state index is 0.00189. The number of primary amides is 1. The van der Waals surface area contributed by atoms with Crippen molar-refractivity contribution in [3.63, 3.8) is 0 Å². The van der Waals surface area contributed by atoms with E-state index in [1.807, 2.05) is 11.0 Å². The second-order valence-corrected chi connectivity index (χ2v) is 7.71. The zero-order valence-electron chi connectivity index (χ0n) is 17.6. The lowest BCUT2D eigenvalue weighted by molar-refractivity contribution is -0.138. The number of piperazine rings is 1. The first-order valence-electron chi connectivity index (χ1n) is 9.79. The van der Waals surface area contributed by atoms with E-state index >= 15 is 0 Å². The third kappa shape index (κ3) is 3.33. The van der Waals surface area contributed by atoms with Gasteiger partial charge in [-0.2, -0.15) is 5.26 Å². The van der Waals surface area contributed by atoms with Gasteiger partial charge in [0.2, 0.25) is 17.5 Å². The molecule has 3 heterocycles. The Labute approximate surface area is 179 Å². The van der Waals surface area contributed by atoms with Crippen LogP contribution in [0.15, 0.2) is 22.5 Å². The van der Waals surface area contributed by atoms with Gasteiger partial charge in [-0.15, -0.1) is 0 Å². The summed E-state index contributed by atoms with van der Waals surface area (Å²) in [6.07, 6.45) is 0.698. The molecule has 2 amide bonds. The van der Waals surface area contributed by atoms with E-state index in [2.05, 4.69) is 10.5 Å². The zero-order chi connectivity index (χ0) is 23.1. The molecule has 4 N–H and O–H groups in total. The molecule has 166 valence electrons. The van der Waals surface area contributed by atoms with E-state index in [-0.39, 0.29) is 47.2 Å². The van der Waals surface area contributed by atoms with Gasteiger partial charge in [-0.05, 0) is 13.3 Å². The second kappa shape index (κ2) is 8.03. The first-order valence-corrected chi connectivity index (χ1v) is 9.79. The van der Waals surface area contributed by atoms with Crippen LogP contribution in [0.3, 0.4) is 0 Å². The molecular weight excluding hydrogens is 406 g/mol. The lowest BCUT2D eigenvalue weighted by Gasteiger charge is -2.37. The number of ether oxygens (including phenoxy) is 2. The molecule has 3 unspecified atom stereocenters. The van der Waals surface area contributed by atoms with Gasteiger partial charge in [-0.1, -0.05) is 0 Å². The maximum absolute atomic E-state index is 12.7. The Balaban J connectivity index is 0.000000491. The van der Waals surface area contributed by atoms with E-state index in [0.29, 0.717) is 37.1 Å². The number of ketones is 2. The summed E-state index contributed by atoms with van der Waals surface area (Å²) in [4.78, 5) is 50.7. The van der Waals surface area contributed by atoms with E-state index < -0.39 is 11.8 Å². The number of methoxy groups -OCH3 is 2. The molecule has 1 aliphatic carbocycles. The Hall–Kier alpha value is -3.39. The molecule has 0 radical (unpaired) electrons. The van der Waals surface area contributed by atoms with Crippen LogP contribution >= 0.6 is 0 Å². The number of hydrogen-bond acceptors (Lipinski definition) is 9. The van der Waals surface area contributed by atoms with Crippen molar-refractivity contribution in [3.05, 3.63) is 22.5 Å². The predicted molar refractivity (Wildman–Crippen MR) is 105 cm³/mol. The molecule has 2 fully saturated rings. The number of Topliss-reactive ketones (excluding diaryl/α,β-unsaturated/α-hetero) is 2. The van der Waals surface area contributed by atoms with Crippen molar-refractivity contribution in [1.29, 1.82) is 5.26 Å². The van der Waals surface area contributed by atoms with Crippen molar-refractivity contribution < 1.29 is 28.7 Å². The van der Waals surface area contributed by atoms with E-state index in [1.165, 1.54) is 7.11 Å². The molecule has 4 aliphatic rings. The highest BCUT2D eigenvalue weighted by Crippen LogP contribution is 2.57.